The van der Waals surface area contributed by atoms with Crippen LogP contribution < -0.4 is 5.32 Å². The molecule has 4 heteroatoms. The first-order valence-corrected chi connectivity index (χ1v) is 6.48. The van der Waals surface area contributed by atoms with Gasteiger partial charge in [-0.1, -0.05) is 13.0 Å². The Morgan fingerprint density at radius 1 is 1.16 bits per heavy atom. The minimum Gasteiger partial charge on any atom is -0.311 e. The Bertz CT molecular complexity index is 682. The van der Waals surface area contributed by atoms with Gasteiger partial charge in [-0.2, -0.15) is 5.10 Å². The molecule has 4 nitrogen and oxygen atoms in total. The summed E-state index contributed by atoms with van der Waals surface area (Å²) in [6, 6.07) is 12.2. The van der Waals surface area contributed by atoms with E-state index in [9.17, 15) is 0 Å². The molecule has 0 radical (unpaired) electrons. The van der Waals surface area contributed by atoms with Gasteiger partial charge in [-0.25, -0.2) is 4.68 Å². The van der Waals surface area contributed by atoms with Crippen LogP contribution in [0.5, 0.6) is 0 Å². The molecule has 0 unspecified atom stereocenters. The summed E-state index contributed by atoms with van der Waals surface area (Å²) in [5.74, 6) is 0. The average molecular weight is 252 g/mol. The standard InChI is InChI=1S/C15H16N4/c1-2-16-11-12-8-10-19(18-12)15-7-3-6-14-13(15)5-4-9-17-14/h3-10,16H,2,11H2,1H3. The molecule has 0 spiro atoms. The van der Waals surface area contributed by atoms with Crippen LogP contribution in [-0.4, -0.2) is 21.3 Å². The van der Waals surface area contributed by atoms with Crippen molar-refractivity contribution in [1.82, 2.24) is 20.1 Å². The highest BCUT2D eigenvalue weighted by atomic mass is 15.3. The van der Waals surface area contributed by atoms with Gasteiger partial charge in [0.1, 0.15) is 0 Å². The zero-order valence-electron chi connectivity index (χ0n) is 10.9. The molecular formula is C15H16N4. The molecule has 0 aliphatic rings. The molecule has 1 N–H and O–H groups in total. The highest BCUT2D eigenvalue weighted by Gasteiger charge is 2.05. The molecule has 3 rings (SSSR count). The maximum atomic E-state index is 4.59. The fourth-order valence-electron chi connectivity index (χ4n) is 2.13. The number of fused-ring (bicyclic) bond motifs is 1. The lowest BCUT2D eigenvalue weighted by atomic mass is 10.2. The van der Waals surface area contributed by atoms with Gasteiger partial charge < -0.3 is 5.32 Å². The van der Waals surface area contributed by atoms with Crippen LogP contribution in [0.4, 0.5) is 0 Å². The van der Waals surface area contributed by atoms with Crippen molar-refractivity contribution in [3.05, 3.63) is 54.5 Å². The van der Waals surface area contributed by atoms with E-state index >= 15 is 0 Å². The quantitative estimate of drug-likeness (QED) is 0.776. The second-order valence-electron chi connectivity index (χ2n) is 4.38. The molecule has 0 aliphatic carbocycles. The molecule has 0 amide bonds. The van der Waals surface area contributed by atoms with Crippen LogP contribution >= 0.6 is 0 Å². The maximum Gasteiger partial charge on any atom is 0.0766 e. The molecule has 19 heavy (non-hydrogen) atoms. The molecule has 2 aromatic heterocycles. The van der Waals surface area contributed by atoms with Crippen molar-refractivity contribution in [2.24, 2.45) is 0 Å². The normalized spacial score (nSPS) is 11.0. The van der Waals surface area contributed by atoms with Crippen LogP contribution in [0.15, 0.2) is 48.8 Å². The Kier molecular flexibility index (Phi) is 3.25. The molecule has 2 heterocycles. The number of hydrogen-bond acceptors (Lipinski definition) is 3. The summed E-state index contributed by atoms with van der Waals surface area (Å²) in [5.41, 5.74) is 3.10. The van der Waals surface area contributed by atoms with E-state index < -0.39 is 0 Å². The number of pyridine rings is 1. The fourth-order valence-corrected chi connectivity index (χ4v) is 2.13. The van der Waals surface area contributed by atoms with Gasteiger partial charge in [-0.3, -0.25) is 4.98 Å². The van der Waals surface area contributed by atoms with Gasteiger partial charge in [0.15, 0.2) is 0 Å². The van der Waals surface area contributed by atoms with Crippen molar-refractivity contribution >= 4 is 10.9 Å². The van der Waals surface area contributed by atoms with Gasteiger partial charge in [0.05, 0.1) is 16.9 Å². The highest BCUT2D eigenvalue weighted by molar-refractivity contribution is 5.86. The first-order valence-electron chi connectivity index (χ1n) is 6.48. The Balaban J connectivity index is 2.02. The largest absolute Gasteiger partial charge is 0.311 e. The Morgan fingerprint density at radius 2 is 2.11 bits per heavy atom. The van der Waals surface area contributed by atoms with Crippen LogP contribution in [0.3, 0.4) is 0 Å². The van der Waals surface area contributed by atoms with Crippen molar-refractivity contribution in [2.45, 2.75) is 13.5 Å². The van der Waals surface area contributed by atoms with E-state index in [4.69, 9.17) is 0 Å². The summed E-state index contributed by atoms with van der Waals surface area (Å²) in [5, 5.41) is 8.99. The molecule has 0 bridgehead atoms. The van der Waals surface area contributed by atoms with Crippen LogP contribution in [-0.2, 0) is 6.54 Å². The van der Waals surface area contributed by atoms with Crippen molar-refractivity contribution in [3.63, 3.8) is 0 Å². The van der Waals surface area contributed by atoms with E-state index in [1.165, 1.54) is 0 Å². The lowest BCUT2D eigenvalue weighted by molar-refractivity contribution is 0.697. The summed E-state index contributed by atoms with van der Waals surface area (Å²) in [7, 11) is 0. The van der Waals surface area contributed by atoms with Crippen LogP contribution in [0.1, 0.15) is 12.6 Å². The van der Waals surface area contributed by atoms with Crippen molar-refractivity contribution < 1.29 is 0 Å². The van der Waals surface area contributed by atoms with Gasteiger partial charge in [0.2, 0.25) is 0 Å². The van der Waals surface area contributed by atoms with Crippen LogP contribution in [0.25, 0.3) is 16.6 Å². The molecule has 96 valence electrons. The van der Waals surface area contributed by atoms with Crippen molar-refractivity contribution in [3.8, 4) is 5.69 Å². The average Bonchev–Trinajstić information content (AvgIpc) is 2.93. The van der Waals surface area contributed by atoms with Crippen LogP contribution in [0, 0.1) is 0 Å². The predicted molar refractivity (Wildman–Crippen MR) is 76.2 cm³/mol. The minimum absolute atomic E-state index is 0.798. The third kappa shape index (κ3) is 2.35. The van der Waals surface area contributed by atoms with Crippen molar-refractivity contribution in [2.75, 3.05) is 6.54 Å². The Morgan fingerprint density at radius 3 is 3.00 bits per heavy atom. The number of nitrogens with zero attached hydrogens (tertiary/aromatic N) is 3. The summed E-state index contributed by atoms with van der Waals surface area (Å²) in [4.78, 5) is 4.37. The molecular weight excluding hydrogens is 236 g/mol. The van der Waals surface area contributed by atoms with E-state index in [2.05, 4.69) is 34.5 Å². The van der Waals surface area contributed by atoms with E-state index in [-0.39, 0.29) is 0 Å². The second-order valence-corrected chi connectivity index (χ2v) is 4.38. The Labute approximate surface area is 112 Å². The van der Waals surface area contributed by atoms with E-state index in [1.54, 1.807) is 0 Å². The Hall–Kier alpha value is -2.20. The van der Waals surface area contributed by atoms with Gasteiger partial charge in [-0.05, 0) is 36.9 Å². The third-order valence-electron chi connectivity index (χ3n) is 3.07. The van der Waals surface area contributed by atoms with Crippen LogP contribution in [0.2, 0.25) is 0 Å². The molecule has 0 aliphatic heterocycles. The lowest BCUT2D eigenvalue weighted by Gasteiger charge is -2.05. The molecule has 0 fully saturated rings. The van der Waals surface area contributed by atoms with Crippen molar-refractivity contribution in [1.29, 1.82) is 0 Å². The summed E-state index contributed by atoms with van der Waals surface area (Å²) in [6.45, 7) is 3.84. The van der Waals surface area contributed by atoms with Gasteiger partial charge >= 0.3 is 0 Å². The number of benzene rings is 1. The first-order chi connectivity index (χ1) is 9.38. The molecule has 1 aromatic carbocycles. The van der Waals surface area contributed by atoms with E-state index in [1.807, 2.05) is 41.3 Å². The monoisotopic (exact) mass is 252 g/mol. The summed E-state index contributed by atoms with van der Waals surface area (Å²) >= 11 is 0. The third-order valence-corrected chi connectivity index (χ3v) is 3.07. The number of hydrogen-bond donors (Lipinski definition) is 1. The fraction of sp³-hybridized carbons (Fsp3) is 0.200. The minimum atomic E-state index is 0.798. The van der Waals surface area contributed by atoms with Gasteiger partial charge in [-0.15, -0.1) is 0 Å². The first kappa shape index (κ1) is 11.9. The smallest absolute Gasteiger partial charge is 0.0766 e. The van der Waals surface area contributed by atoms with Gasteiger partial charge in [0.25, 0.3) is 0 Å². The number of rotatable bonds is 4. The van der Waals surface area contributed by atoms with E-state index in [0.29, 0.717) is 0 Å². The lowest BCUT2D eigenvalue weighted by Crippen LogP contribution is -2.12. The second kappa shape index (κ2) is 5.20. The number of aromatic nitrogens is 3. The van der Waals surface area contributed by atoms with Gasteiger partial charge in [0, 0.05) is 24.3 Å². The number of nitrogens with one attached hydrogen (secondary N) is 1. The molecule has 3 aromatic rings. The summed E-state index contributed by atoms with van der Waals surface area (Å²) < 4.78 is 1.91. The summed E-state index contributed by atoms with van der Waals surface area (Å²) in [6.07, 6.45) is 3.81. The molecule has 0 saturated heterocycles. The topological polar surface area (TPSA) is 42.7 Å². The molecule has 0 saturated carbocycles. The zero-order chi connectivity index (χ0) is 13.1. The highest BCUT2D eigenvalue weighted by Crippen LogP contribution is 2.19. The SMILES string of the molecule is CCNCc1ccn(-c2cccc3ncccc23)n1. The molecule has 0 atom stereocenters. The van der Waals surface area contributed by atoms with E-state index in [0.717, 1.165) is 35.4 Å². The zero-order valence-corrected chi connectivity index (χ0v) is 10.9. The maximum absolute atomic E-state index is 4.59. The predicted octanol–water partition coefficient (Wildman–Crippen LogP) is 2.53.